The molecule has 0 saturated carbocycles. The highest BCUT2D eigenvalue weighted by Gasteiger charge is 2.23. The van der Waals surface area contributed by atoms with Crippen LogP contribution >= 0.6 is 23.2 Å². The molecule has 0 aliphatic carbocycles. The minimum absolute atomic E-state index is 0.110. The Bertz CT molecular complexity index is 398. The van der Waals surface area contributed by atoms with Gasteiger partial charge in [-0.15, -0.1) is 11.6 Å². The van der Waals surface area contributed by atoms with E-state index < -0.39 is 28.5 Å². The van der Waals surface area contributed by atoms with Crippen molar-refractivity contribution >= 4 is 29.2 Å². The van der Waals surface area contributed by atoms with Gasteiger partial charge < -0.3 is 5.11 Å². The van der Waals surface area contributed by atoms with Crippen molar-refractivity contribution in [2.75, 3.05) is 0 Å². The van der Waals surface area contributed by atoms with E-state index in [1.165, 1.54) is 0 Å². The monoisotopic (exact) mass is 255 g/mol. The Morgan fingerprint density at radius 3 is 2.60 bits per heavy atom. The summed E-state index contributed by atoms with van der Waals surface area (Å²) in [6, 6.07) is 0. The zero-order chi connectivity index (χ0) is 11.6. The lowest BCUT2D eigenvalue weighted by atomic mass is 10.1. The maximum Gasteiger partial charge on any atom is 0.338 e. The second-order valence-corrected chi connectivity index (χ2v) is 3.23. The third kappa shape index (κ3) is 2.35. The van der Waals surface area contributed by atoms with Crippen LogP contribution in [0.4, 0.5) is 8.78 Å². The summed E-state index contributed by atoms with van der Waals surface area (Å²) in [6.07, 6.45) is -1.99. The Hall–Kier alpha value is -0.940. The van der Waals surface area contributed by atoms with Crippen molar-refractivity contribution in [2.24, 2.45) is 0 Å². The molecule has 0 aromatic carbocycles. The molecule has 1 heterocycles. The smallest absolute Gasteiger partial charge is 0.338 e. The summed E-state index contributed by atoms with van der Waals surface area (Å²) in [7, 11) is 0. The van der Waals surface area contributed by atoms with Gasteiger partial charge in [0.15, 0.2) is 0 Å². The van der Waals surface area contributed by atoms with E-state index >= 15 is 0 Å². The van der Waals surface area contributed by atoms with Crippen LogP contribution in [0.3, 0.4) is 0 Å². The maximum absolute atomic E-state index is 12.5. The summed E-state index contributed by atoms with van der Waals surface area (Å²) in [5, 5.41) is 8.12. The number of aromatic nitrogens is 1. The number of hydrogen-bond donors (Lipinski definition) is 1. The molecule has 7 heteroatoms. The molecule has 0 radical (unpaired) electrons. The largest absolute Gasteiger partial charge is 0.478 e. The van der Waals surface area contributed by atoms with Crippen LogP contribution in [0.1, 0.15) is 28.0 Å². The fraction of sp³-hybridized carbons (Fsp3) is 0.250. The molecule has 1 aromatic heterocycles. The molecule has 1 aromatic rings. The molecule has 0 amide bonds. The number of alkyl halides is 3. The van der Waals surface area contributed by atoms with Gasteiger partial charge in [0.1, 0.15) is 0 Å². The second kappa shape index (κ2) is 4.72. The number of nitrogens with zero attached hydrogens (tertiary/aromatic N) is 1. The lowest BCUT2D eigenvalue weighted by Crippen LogP contribution is -2.05. The van der Waals surface area contributed by atoms with Crippen LogP contribution in [0.25, 0.3) is 0 Å². The number of rotatable bonds is 3. The minimum Gasteiger partial charge on any atom is -0.478 e. The molecular formula is C8H5Cl2F2NO2. The predicted octanol–water partition coefficient (Wildman–Crippen LogP) is 3.11. The van der Waals surface area contributed by atoms with Gasteiger partial charge in [-0.3, -0.25) is 4.98 Å². The van der Waals surface area contributed by atoms with Gasteiger partial charge >= 0.3 is 5.97 Å². The number of carboxylic acid groups (broad SMARTS) is 1. The van der Waals surface area contributed by atoms with Crippen molar-refractivity contribution in [3.05, 3.63) is 28.0 Å². The van der Waals surface area contributed by atoms with E-state index in [-0.39, 0.29) is 11.6 Å². The van der Waals surface area contributed by atoms with Crippen LogP contribution in [0.15, 0.2) is 6.20 Å². The second-order valence-electron chi connectivity index (χ2n) is 2.59. The number of carbonyl (C=O) groups is 1. The molecule has 0 atom stereocenters. The molecule has 0 aliphatic heterocycles. The summed E-state index contributed by atoms with van der Waals surface area (Å²) in [5.41, 5.74) is -1.19. The fourth-order valence-electron chi connectivity index (χ4n) is 1.02. The molecule has 1 N–H and O–H groups in total. The van der Waals surface area contributed by atoms with Crippen LogP contribution in [0.2, 0.25) is 5.02 Å². The summed E-state index contributed by atoms with van der Waals surface area (Å²) in [5.74, 6) is -1.66. The fourth-order valence-corrected chi connectivity index (χ4v) is 1.55. The average Bonchev–Trinajstić information content (AvgIpc) is 2.15. The molecule has 0 spiro atoms. The number of aromatic carboxylic acids is 1. The Kier molecular flexibility index (Phi) is 3.82. The normalized spacial score (nSPS) is 10.7. The summed E-state index contributed by atoms with van der Waals surface area (Å²) < 4.78 is 25.1. The Balaban J connectivity index is 3.42. The van der Waals surface area contributed by atoms with E-state index in [1.807, 2.05) is 0 Å². The molecule has 0 unspecified atom stereocenters. The maximum atomic E-state index is 12.5. The minimum atomic E-state index is -2.90. The molecule has 0 saturated heterocycles. The van der Waals surface area contributed by atoms with Gasteiger partial charge in [-0.1, -0.05) is 11.6 Å². The topological polar surface area (TPSA) is 50.2 Å². The first-order valence-corrected chi connectivity index (χ1v) is 4.65. The Labute approximate surface area is 93.6 Å². The van der Waals surface area contributed by atoms with Crippen LogP contribution in [-0.2, 0) is 5.88 Å². The van der Waals surface area contributed by atoms with Crippen LogP contribution in [0, 0.1) is 0 Å². The van der Waals surface area contributed by atoms with Crippen LogP contribution in [0.5, 0.6) is 0 Å². The van der Waals surface area contributed by atoms with Gasteiger partial charge in [-0.2, -0.15) is 0 Å². The molecule has 15 heavy (non-hydrogen) atoms. The number of halogens is 4. The summed E-state index contributed by atoms with van der Waals surface area (Å²) >= 11 is 10.9. The Morgan fingerprint density at radius 1 is 1.60 bits per heavy atom. The molecular weight excluding hydrogens is 251 g/mol. The van der Waals surface area contributed by atoms with Crippen molar-refractivity contribution in [3.63, 3.8) is 0 Å². The number of carboxylic acids is 1. The van der Waals surface area contributed by atoms with E-state index in [9.17, 15) is 13.6 Å². The quantitative estimate of drug-likeness (QED) is 0.845. The van der Waals surface area contributed by atoms with Crippen molar-refractivity contribution < 1.29 is 18.7 Å². The standard InChI is InChI=1S/C8H5Cl2F2NO2/c9-1-4-5(7(11)12)6(10)3(2-13-4)8(14)15/h2,7H,1H2,(H,14,15). The summed E-state index contributed by atoms with van der Waals surface area (Å²) in [4.78, 5) is 14.1. The zero-order valence-corrected chi connectivity index (χ0v) is 8.69. The lowest BCUT2D eigenvalue weighted by Gasteiger charge is -2.09. The van der Waals surface area contributed by atoms with Crippen LogP contribution in [-0.4, -0.2) is 16.1 Å². The van der Waals surface area contributed by atoms with Gasteiger partial charge in [0.25, 0.3) is 6.43 Å². The van der Waals surface area contributed by atoms with E-state index in [0.29, 0.717) is 0 Å². The zero-order valence-electron chi connectivity index (χ0n) is 7.18. The number of hydrogen-bond acceptors (Lipinski definition) is 2. The third-order valence-corrected chi connectivity index (χ3v) is 2.37. The highest BCUT2D eigenvalue weighted by molar-refractivity contribution is 6.34. The average molecular weight is 256 g/mol. The first-order valence-electron chi connectivity index (χ1n) is 3.73. The van der Waals surface area contributed by atoms with Gasteiger partial charge in [0.05, 0.1) is 27.7 Å². The molecule has 0 fully saturated rings. The molecule has 1 rings (SSSR count). The van der Waals surface area contributed by atoms with Gasteiger partial charge in [-0.05, 0) is 0 Å². The molecule has 3 nitrogen and oxygen atoms in total. The summed E-state index contributed by atoms with van der Waals surface area (Å²) in [6.45, 7) is 0. The molecule has 0 aliphatic rings. The van der Waals surface area contributed by atoms with Gasteiger partial charge in [0, 0.05) is 6.20 Å². The Morgan fingerprint density at radius 2 is 2.20 bits per heavy atom. The highest BCUT2D eigenvalue weighted by atomic mass is 35.5. The SMILES string of the molecule is O=C(O)c1cnc(CCl)c(C(F)F)c1Cl. The van der Waals surface area contributed by atoms with E-state index in [1.54, 1.807) is 0 Å². The van der Waals surface area contributed by atoms with Crippen LogP contribution < -0.4 is 0 Å². The first-order chi connectivity index (χ1) is 6.99. The van der Waals surface area contributed by atoms with E-state index in [2.05, 4.69) is 4.98 Å². The van der Waals surface area contributed by atoms with Crippen molar-refractivity contribution in [1.29, 1.82) is 0 Å². The first kappa shape index (κ1) is 12.1. The van der Waals surface area contributed by atoms with Gasteiger partial charge in [0.2, 0.25) is 0 Å². The lowest BCUT2D eigenvalue weighted by molar-refractivity contribution is 0.0696. The molecule has 0 bridgehead atoms. The predicted molar refractivity (Wildman–Crippen MR) is 50.7 cm³/mol. The van der Waals surface area contributed by atoms with Crippen molar-refractivity contribution in [3.8, 4) is 0 Å². The number of pyridine rings is 1. The van der Waals surface area contributed by atoms with Crippen molar-refractivity contribution in [1.82, 2.24) is 4.98 Å². The van der Waals surface area contributed by atoms with E-state index in [4.69, 9.17) is 28.3 Å². The third-order valence-electron chi connectivity index (χ3n) is 1.71. The van der Waals surface area contributed by atoms with Gasteiger partial charge in [-0.25, -0.2) is 13.6 Å². The highest BCUT2D eigenvalue weighted by Crippen LogP contribution is 2.32. The van der Waals surface area contributed by atoms with Crippen molar-refractivity contribution in [2.45, 2.75) is 12.3 Å². The molecule has 82 valence electrons. The van der Waals surface area contributed by atoms with E-state index in [0.717, 1.165) is 6.20 Å².